The molecule has 1 atom stereocenters. The van der Waals surface area contributed by atoms with Gasteiger partial charge in [0.25, 0.3) is 0 Å². The van der Waals surface area contributed by atoms with Crippen LogP contribution in [-0.2, 0) is 7.05 Å². The number of aryl methyl sites for hydroxylation is 1. The van der Waals surface area contributed by atoms with E-state index in [9.17, 15) is 0 Å². The average Bonchev–Trinajstić information content (AvgIpc) is 2.87. The molecule has 3 nitrogen and oxygen atoms in total. The quantitative estimate of drug-likeness (QED) is 0.937. The summed E-state index contributed by atoms with van der Waals surface area (Å²) in [4.78, 5) is 2.53. The van der Waals surface area contributed by atoms with Crippen molar-refractivity contribution in [1.29, 1.82) is 0 Å². The van der Waals surface area contributed by atoms with Crippen molar-refractivity contribution in [3.8, 4) is 0 Å². The maximum atomic E-state index is 6.19. The van der Waals surface area contributed by atoms with Gasteiger partial charge in [-0.25, -0.2) is 0 Å². The van der Waals surface area contributed by atoms with Gasteiger partial charge in [-0.15, -0.1) is 0 Å². The van der Waals surface area contributed by atoms with Gasteiger partial charge in [-0.1, -0.05) is 23.7 Å². The maximum Gasteiger partial charge on any atom is 0.0757 e. The van der Waals surface area contributed by atoms with Gasteiger partial charge in [-0.05, 0) is 29.8 Å². The van der Waals surface area contributed by atoms with Crippen molar-refractivity contribution in [2.45, 2.75) is 6.04 Å². The number of benzene rings is 1. The Morgan fingerprint density at radius 2 is 1.95 bits per heavy atom. The molecule has 106 valence electrons. The smallest absolute Gasteiger partial charge is 0.0757 e. The van der Waals surface area contributed by atoms with E-state index in [0.717, 1.165) is 31.2 Å². The van der Waals surface area contributed by atoms with Crippen molar-refractivity contribution in [3.63, 3.8) is 0 Å². The van der Waals surface area contributed by atoms with Crippen LogP contribution < -0.4 is 5.32 Å². The molecule has 0 aliphatic carbocycles. The molecule has 1 aliphatic heterocycles. The maximum absolute atomic E-state index is 6.19. The SMILES string of the molecule is Cn1cccc1C(c1cccc(Cl)c1)N1CCNCC1. The second-order valence-corrected chi connectivity index (χ2v) is 5.72. The van der Waals surface area contributed by atoms with E-state index < -0.39 is 0 Å². The van der Waals surface area contributed by atoms with E-state index in [-0.39, 0.29) is 6.04 Å². The second kappa shape index (κ2) is 6.00. The van der Waals surface area contributed by atoms with Crippen LogP contribution in [0.15, 0.2) is 42.6 Å². The molecule has 0 radical (unpaired) electrons. The molecule has 1 N–H and O–H groups in total. The molecule has 1 unspecified atom stereocenters. The molecule has 20 heavy (non-hydrogen) atoms. The zero-order chi connectivity index (χ0) is 13.9. The van der Waals surface area contributed by atoms with Gasteiger partial charge in [0, 0.05) is 50.1 Å². The minimum absolute atomic E-state index is 0.274. The molecule has 0 spiro atoms. The van der Waals surface area contributed by atoms with Gasteiger partial charge in [-0.3, -0.25) is 4.90 Å². The number of nitrogens with one attached hydrogen (secondary N) is 1. The van der Waals surface area contributed by atoms with Crippen LogP contribution >= 0.6 is 11.6 Å². The molecular formula is C16H20ClN3. The topological polar surface area (TPSA) is 20.2 Å². The van der Waals surface area contributed by atoms with E-state index in [0.29, 0.717) is 0 Å². The van der Waals surface area contributed by atoms with E-state index >= 15 is 0 Å². The van der Waals surface area contributed by atoms with Crippen LogP contribution in [-0.4, -0.2) is 35.6 Å². The standard InChI is InChI=1S/C16H20ClN3/c1-19-9-3-6-15(19)16(20-10-7-18-8-11-20)13-4-2-5-14(17)12-13/h2-6,9,12,16,18H,7-8,10-11H2,1H3. The predicted molar refractivity (Wildman–Crippen MR) is 83.2 cm³/mol. The third kappa shape index (κ3) is 2.75. The molecule has 1 saturated heterocycles. The lowest BCUT2D eigenvalue weighted by Crippen LogP contribution is -2.45. The van der Waals surface area contributed by atoms with Crippen LogP contribution in [0.25, 0.3) is 0 Å². The number of piperazine rings is 1. The Bertz CT molecular complexity index is 573. The first-order chi connectivity index (χ1) is 9.75. The Morgan fingerprint density at radius 3 is 2.60 bits per heavy atom. The van der Waals surface area contributed by atoms with Crippen molar-refractivity contribution in [1.82, 2.24) is 14.8 Å². The molecule has 0 bridgehead atoms. The zero-order valence-electron chi connectivity index (χ0n) is 11.7. The third-order valence-electron chi connectivity index (χ3n) is 3.95. The van der Waals surface area contributed by atoms with Gasteiger partial charge < -0.3 is 9.88 Å². The Morgan fingerprint density at radius 1 is 1.15 bits per heavy atom. The lowest BCUT2D eigenvalue weighted by Gasteiger charge is -2.35. The first-order valence-electron chi connectivity index (χ1n) is 7.07. The molecule has 1 aliphatic rings. The van der Waals surface area contributed by atoms with E-state index in [1.54, 1.807) is 0 Å². The van der Waals surface area contributed by atoms with E-state index in [4.69, 9.17) is 11.6 Å². The molecule has 2 aromatic rings. The minimum atomic E-state index is 0.274. The summed E-state index contributed by atoms with van der Waals surface area (Å²) in [6.07, 6.45) is 2.11. The molecule has 1 aromatic carbocycles. The zero-order valence-corrected chi connectivity index (χ0v) is 12.5. The van der Waals surface area contributed by atoms with Crippen molar-refractivity contribution in [2.75, 3.05) is 26.2 Å². The number of nitrogens with zero attached hydrogens (tertiary/aromatic N) is 2. The fourth-order valence-electron chi connectivity index (χ4n) is 2.94. The first kappa shape index (κ1) is 13.7. The number of hydrogen-bond donors (Lipinski definition) is 1. The van der Waals surface area contributed by atoms with Gasteiger partial charge in [0.1, 0.15) is 0 Å². The number of aromatic nitrogens is 1. The summed E-state index contributed by atoms with van der Waals surface area (Å²) in [5, 5.41) is 4.22. The molecule has 2 heterocycles. The molecule has 0 saturated carbocycles. The van der Waals surface area contributed by atoms with Gasteiger partial charge >= 0.3 is 0 Å². The van der Waals surface area contributed by atoms with Crippen LogP contribution in [0.4, 0.5) is 0 Å². The largest absolute Gasteiger partial charge is 0.353 e. The Labute approximate surface area is 125 Å². The lowest BCUT2D eigenvalue weighted by atomic mass is 10.0. The fraction of sp³-hybridized carbons (Fsp3) is 0.375. The van der Waals surface area contributed by atoms with Gasteiger partial charge in [-0.2, -0.15) is 0 Å². The number of rotatable bonds is 3. The summed E-state index contributed by atoms with van der Waals surface area (Å²) < 4.78 is 2.20. The average molecular weight is 290 g/mol. The van der Waals surface area contributed by atoms with Gasteiger partial charge in [0.15, 0.2) is 0 Å². The van der Waals surface area contributed by atoms with Gasteiger partial charge in [0.2, 0.25) is 0 Å². The molecule has 4 heteroatoms. The Kier molecular flexibility index (Phi) is 4.10. The first-order valence-corrected chi connectivity index (χ1v) is 7.45. The molecule has 1 fully saturated rings. The highest BCUT2D eigenvalue weighted by Gasteiger charge is 2.25. The van der Waals surface area contributed by atoms with Crippen molar-refractivity contribution in [2.24, 2.45) is 7.05 Å². The van der Waals surface area contributed by atoms with Crippen LogP contribution in [0.1, 0.15) is 17.3 Å². The lowest BCUT2D eigenvalue weighted by molar-refractivity contribution is 0.193. The summed E-state index contributed by atoms with van der Waals surface area (Å²) in [5.74, 6) is 0. The van der Waals surface area contributed by atoms with Crippen molar-refractivity contribution in [3.05, 3.63) is 58.9 Å². The number of halogens is 1. The third-order valence-corrected chi connectivity index (χ3v) is 4.18. The molecule has 0 amide bonds. The second-order valence-electron chi connectivity index (χ2n) is 5.29. The van der Waals surface area contributed by atoms with Crippen LogP contribution in [0, 0.1) is 0 Å². The van der Waals surface area contributed by atoms with E-state index in [1.165, 1.54) is 11.3 Å². The molecule has 3 rings (SSSR count). The summed E-state index contributed by atoms with van der Waals surface area (Å²) in [6, 6.07) is 12.8. The normalized spacial score (nSPS) is 18.1. The van der Waals surface area contributed by atoms with E-state index in [1.807, 2.05) is 12.1 Å². The van der Waals surface area contributed by atoms with Crippen molar-refractivity contribution < 1.29 is 0 Å². The highest BCUT2D eigenvalue weighted by atomic mass is 35.5. The summed E-state index contributed by atoms with van der Waals surface area (Å²) >= 11 is 6.19. The van der Waals surface area contributed by atoms with Crippen molar-refractivity contribution >= 4 is 11.6 Å². The summed E-state index contributed by atoms with van der Waals surface area (Å²) in [7, 11) is 2.11. The fourth-order valence-corrected chi connectivity index (χ4v) is 3.14. The minimum Gasteiger partial charge on any atom is -0.353 e. The number of hydrogen-bond acceptors (Lipinski definition) is 2. The summed E-state index contributed by atoms with van der Waals surface area (Å²) in [5.41, 5.74) is 2.58. The molecule has 1 aromatic heterocycles. The molecular weight excluding hydrogens is 270 g/mol. The van der Waals surface area contributed by atoms with Crippen LogP contribution in [0.5, 0.6) is 0 Å². The Balaban J connectivity index is 2.01. The van der Waals surface area contributed by atoms with E-state index in [2.05, 4.69) is 52.3 Å². The highest BCUT2D eigenvalue weighted by molar-refractivity contribution is 6.30. The Hall–Kier alpha value is -1.29. The summed E-state index contributed by atoms with van der Waals surface area (Å²) in [6.45, 7) is 4.20. The van der Waals surface area contributed by atoms with Crippen LogP contribution in [0.2, 0.25) is 5.02 Å². The van der Waals surface area contributed by atoms with Crippen LogP contribution in [0.3, 0.4) is 0 Å². The predicted octanol–water partition coefficient (Wildman–Crippen LogP) is 2.67. The highest BCUT2D eigenvalue weighted by Crippen LogP contribution is 2.30. The monoisotopic (exact) mass is 289 g/mol. The van der Waals surface area contributed by atoms with Gasteiger partial charge in [0.05, 0.1) is 6.04 Å².